The van der Waals surface area contributed by atoms with Crippen molar-refractivity contribution in [3.8, 4) is 0 Å². The zero-order chi connectivity index (χ0) is 16.1. The molecule has 1 N–H and O–H groups in total. The van der Waals surface area contributed by atoms with Crippen molar-refractivity contribution in [2.24, 2.45) is 0 Å². The molecule has 1 amide bonds. The van der Waals surface area contributed by atoms with E-state index < -0.39 is 17.7 Å². The van der Waals surface area contributed by atoms with Gasteiger partial charge < -0.3 is 5.32 Å². The van der Waals surface area contributed by atoms with Gasteiger partial charge in [-0.1, -0.05) is 30.3 Å². The first-order valence-corrected chi connectivity index (χ1v) is 6.96. The van der Waals surface area contributed by atoms with Gasteiger partial charge in [-0.05, 0) is 37.1 Å². The minimum absolute atomic E-state index is 0.249. The van der Waals surface area contributed by atoms with Gasteiger partial charge in [0.1, 0.15) is 11.6 Å². The molecule has 0 aliphatic carbocycles. The summed E-state index contributed by atoms with van der Waals surface area (Å²) in [7, 11) is 0. The van der Waals surface area contributed by atoms with Crippen molar-refractivity contribution in [3.05, 3.63) is 76.9 Å². The van der Waals surface area contributed by atoms with E-state index in [0.29, 0.717) is 0 Å². The van der Waals surface area contributed by atoms with Crippen molar-refractivity contribution in [1.29, 1.82) is 0 Å². The average molecular weight is 301 g/mol. The van der Waals surface area contributed by atoms with Crippen LogP contribution in [0.4, 0.5) is 8.78 Å². The van der Waals surface area contributed by atoms with E-state index in [9.17, 15) is 13.6 Å². The number of amides is 1. The van der Waals surface area contributed by atoms with Crippen LogP contribution >= 0.6 is 0 Å². The Morgan fingerprint density at radius 3 is 2.59 bits per heavy atom. The molecule has 0 bridgehead atoms. The summed E-state index contributed by atoms with van der Waals surface area (Å²) in [6.45, 7) is 3.60. The zero-order valence-electron chi connectivity index (χ0n) is 12.4. The van der Waals surface area contributed by atoms with Crippen molar-refractivity contribution in [1.82, 2.24) is 5.32 Å². The molecule has 0 saturated heterocycles. The smallest absolute Gasteiger partial charge is 0.244 e. The van der Waals surface area contributed by atoms with Crippen molar-refractivity contribution in [2.45, 2.75) is 19.9 Å². The van der Waals surface area contributed by atoms with Crippen molar-refractivity contribution >= 4 is 12.0 Å². The molecule has 0 aliphatic heterocycles. The predicted octanol–water partition coefficient (Wildman–Crippen LogP) is 4.16. The van der Waals surface area contributed by atoms with Crippen molar-refractivity contribution in [2.75, 3.05) is 0 Å². The van der Waals surface area contributed by atoms with Gasteiger partial charge in [-0.25, -0.2) is 8.78 Å². The Morgan fingerprint density at radius 1 is 1.18 bits per heavy atom. The first kappa shape index (κ1) is 15.9. The molecule has 0 saturated carbocycles. The van der Waals surface area contributed by atoms with E-state index in [2.05, 4.69) is 5.32 Å². The fraction of sp³-hybridized carbons (Fsp3) is 0.167. The number of carbonyl (C=O) groups excluding carboxylic acids is 1. The van der Waals surface area contributed by atoms with E-state index in [1.165, 1.54) is 18.2 Å². The number of benzene rings is 2. The van der Waals surface area contributed by atoms with Gasteiger partial charge in [0.2, 0.25) is 5.91 Å². The Labute approximate surface area is 128 Å². The first-order valence-electron chi connectivity index (χ1n) is 6.96. The second-order valence-corrected chi connectivity index (χ2v) is 5.09. The molecule has 114 valence electrons. The molecule has 0 heterocycles. The Balaban J connectivity index is 2.04. The SMILES string of the molecule is Cc1ccccc1/C=C/C(=O)N[C@@H](C)c1ccc(F)cc1F. The van der Waals surface area contributed by atoms with Crippen molar-refractivity contribution < 1.29 is 13.6 Å². The third-order valence-electron chi connectivity index (χ3n) is 3.39. The van der Waals surface area contributed by atoms with E-state index in [4.69, 9.17) is 0 Å². The highest BCUT2D eigenvalue weighted by Crippen LogP contribution is 2.17. The fourth-order valence-corrected chi connectivity index (χ4v) is 2.13. The first-order chi connectivity index (χ1) is 10.5. The second-order valence-electron chi connectivity index (χ2n) is 5.09. The van der Waals surface area contributed by atoms with Crippen LogP contribution in [0.1, 0.15) is 29.7 Å². The molecular weight excluding hydrogens is 284 g/mol. The molecule has 2 nitrogen and oxygen atoms in total. The van der Waals surface area contributed by atoms with E-state index in [0.717, 1.165) is 17.2 Å². The lowest BCUT2D eigenvalue weighted by atomic mass is 10.1. The van der Waals surface area contributed by atoms with Crippen LogP contribution in [0.5, 0.6) is 0 Å². The third kappa shape index (κ3) is 4.01. The molecule has 0 radical (unpaired) electrons. The average Bonchev–Trinajstić information content (AvgIpc) is 2.46. The van der Waals surface area contributed by atoms with Gasteiger partial charge >= 0.3 is 0 Å². The summed E-state index contributed by atoms with van der Waals surface area (Å²) < 4.78 is 26.5. The van der Waals surface area contributed by atoms with Crippen LogP contribution < -0.4 is 5.32 Å². The summed E-state index contributed by atoms with van der Waals surface area (Å²) in [5.41, 5.74) is 2.25. The summed E-state index contributed by atoms with van der Waals surface area (Å²) in [5.74, 6) is -1.64. The van der Waals surface area contributed by atoms with Gasteiger partial charge in [-0.2, -0.15) is 0 Å². The molecule has 0 aliphatic rings. The molecule has 22 heavy (non-hydrogen) atoms. The Bertz CT molecular complexity index is 710. The maximum atomic E-state index is 13.6. The summed E-state index contributed by atoms with van der Waals surface area (Å²) in [5, 5.41) is 2.66. The lowest BCUT2D eigenvalue weighted by molar-refractivity contribution is -0.117. The van der Waals surface area contributed by atoms with Crippen LogP contribution in [0.2, 0.25) is 0 Å². The number of hydrogen-bond acceptors (Lipinski definition) is 1. The van der Waals surface area contributed by atoms with Crippen molar-refractivity contribution in [3.63, 3.8) is 0 Å². The molecule has 2 rings (SSSR count). The molecule has 1 atom stereocenters. The van der Waals surface area contributed by atoms with Crippen LogP contribution in [-0.2, 0) is 4.79 Å². The predicted molar refractivity (Wildman–Crippen MR) is 83.1 cm³/mol. The minimum Gasteiger partial charge on any atom is -0.346 e. The van der Waals surface area contributed by atoms with E-state index in [-0.39, 0.29) is 11.5 Å². The van der Waals surface area contributed by atoms with Crippen LogP contribution in [0, 0.1) is 18.6 Å². The fourth-order valence-electron chi connectivity index (χ4n) is 2.13. The standard InChI is InChI=1S/C18H17F2NO/c1-12-5-3-4-6-14(12)7-10-18(22)21-13(2)16-9-8-15(19)11-17(16)20/h3-11,13H,1-2H3,(H,21,22)/b10-7+/t13-/m0/s1. The molecule has 2 aromatic rings. The molecule has 4 heteroatoms. The van der Waals surface area contributed by atoms with Gasteiger partial charge in [-0.3, -0.25) is 4.79 Å². The Kier molecular flexibility index (Phi) is 5.04. The summed E-state index contributed by atoms with van der Waals surface area (Å²) >= 11 is 0. The number of carbonyl (C=O) groups is 1. The molecule has 0 aromatic heterocycles. The maximum Gasteiger partial charge on any atom is 0.244 e. The highest BCUT2D eigenvalue weighted by Gasteiger charge is 2.13. The summed E-state index contributed by atoms with van der Waals surface area (Å²) in [4.78, 5) is 11.9. The van der Waals surface area contributed by atoms with E-state index in [1.807, 2.05) is 31.2 Å². The normalized spacial score (nSPS) is 12.4. The number of aryl methyl sites for hydroxylation is 1. The zero-order valence-corrected chi connectivity index (χ0v) is 12.4. The molecular formula is C18H17F2NO. The molecule has 0 spiro atoms. The Hall–Kier alpha value is -2.49. The molecule has 2 aromatic carbocycles. The van der Waals surface area contributed by atoms with Crippen LogP contribution in [-0.4, -0.2) is 5.91 Å². The Morgan fingerprint density at radius 2 is 1.91 bits per heavy atom. The summed E-state index contributed by atoms with van der Waals surface area (Å²) in [6, 6.07) is 10.4. The molecule has 0 fully saturated rings. The van der Waals surface area contributed by atoms with Gasteiger partial charge in [-0.15, -0.1) is 0 Å². The van der Waals surface area contributed by atoms with Gasteiger partial charge in [0.25, 0.3) is 0 Å². The number of rotatable bonds is 4. The minimum atomic E-state index is -0.671. The summed E-state index contributed by atoms with van der Waals surface area (Å²) in [6.07, 6.45) is 3.11. The number of halogens is 2. The second kappa shape index (κ2) is 6.98. The van der Waals surface area contributed by atoms with Crippen LogP contribution in [0.3, 0.4) is 0 Å². The largest absolute Gasteiger partial charge is 0.346 e. The maximum absolute atomic E-state index is 13.6. The van der Waals surface area contributed by atoms with E-state index >= 15 is 0 Å². The van der Waals surface area contributed by atoms with Gasteiger partial charge in [0, 0.05) is 17.7 Å². The van der Waals surface area contributed by atoms with Gasteiger partial charge in [0.05, 0.1) is 6.04 Å². The lowest BCUT2D eigenvalue weighted by Gasteiger charge is -2.13. The monoisotopic (exact) mass is 301 g/mol. The van der Waals surface area contributed by atoms with E-state index in [1.54, 1.807) is 13.0 Å². The molecule has 0 unspecified atom stereocenters. The third-order valence-corrected chi connectivity index (χ3v) is 3.39. The highest BCUT2D eigenvalue weighted by molar-refractivity contribution is 5.92. The van der Waals surface area contributed by atoms with Crippen LogP contribution in [0.15, 0.2) is 48.5 Å². The highest BCUT2D eigenvalue weighted by atomic mass is 19.1. The quantitative estimate of drug-likeness (QED) is 0.844. The van der Waals surface area contributed by atoms with Gasteiger partial charge in [0.15, 0.2) is 0 Å². The van der Waals surface area contributed by atoms with Crippen LogP contribution in [0.25, 0.3) is 6.08 Å². The number of hydrogen-bond donors (Lipinski definition) is 1. The number of nitrogens with one attached hydrogen (secondary N) is 1. The lowest BCUT2D eigenvalue weighted by Crippen LogP contribution is -2.25. The topological polar surface area (TPSA) is 29.1 Å².